The van der Waals surface area contributed by atoms with Gasteiger partial charge in [0.25, 0.3) is 5.91 Å². The molecule has 1 aliphatic rings. The highest BCUT2D eigenvalue weighted by Gasteiger charge is 2.38. The molecule has 1 saturated heterocycles. The van der Waals surface area contributed by atoms with Crippen LogP contribution in [0.5, 0.6) is 5.75 Å². The zero-order chi connectivity index (χ0) is 25.2. The van der Waals surface area contributed by atoms with Crippen LogP contribution in [-0.4, -0.2) is 52.6 Å². The van der Waals surface area contributed by atoms with Crippen LogP contribution in [0.3, 0.4) is 0 Å². The van der Waals surface area contributed by atoms with Crippen LogP contribution in [0.1, 0.15) is 22.5 Å². The Morgan fingerprint density at radius 1 is 1.11 bits per heavy atom. The number of nitrogens with zero attached hydrogens (tertiary/aromatic N) is 1. The van der Waals surface area contributed by atoms with E-state index in [1.165, 1.54) is 7.11 Å². The minimum Gasteiger partial charge on any atom is -0.508 e. The zero-order valence-electron chi connectivity index (χ0n) is 19.7. The number of ether oxygens (including phenoxy) is 1. The number of aromatic hydroxyl groups is 1. The van der Waals surface area contributed by atoms with Gasteiger partial charge in [-0.25, -0.2) is 0 Å². The van der Waals surface area contributed by atoms with Crippen LogP contribution in [0, 0.1) is 0 Å². The average Bonchev–Trinajstić information content (AvgIpc) is 3.45. The van der Waals surface area contributed by atoms with Gasteiger partial charge in [-0.2, -0.15) is 0 Å². The molecule has 1 amide bonds. The third-order valence-electron chi connectivity index (χ3n) is 6.56. The van der Waals surface area contributed by atoms with Crippen molar-refractivity contribution in [1.82, 2.24) is 15.2 Å². The second kappa shape index (κ2) is 10.0. The summed E-state index contributed by atoms with van der Waals surface area (Å²) in [6.07, 6.45) is 0.421. The molecule has 0 spiro atoms. The van der Waals surface area contributed by atoms with Crippen molar-refractivity contribution < 1.29 is 19.4 Å². The maximum absolute atomic E-state index is 13.6. The van der Waals surface area contributed by atoms with Gasteiger partial charge in [-0.05, 0) is 47.9 Å². The molecule has 0 saturated carbocycles. The molecule has 7 nitrogen and oxygen atoms in total. The van der Waals surface area contributed by atoms with Crippen molar-refractivity contribution in [3.8, 4) is 16.9 Å². The lowest BCUT2D eigenvalue weighted by atomic mass is 10.0. The maximum atomic E-state index is 13.6. The summed E-state index contributed by atoms with van der Waals surface area (Å²) < 4.78 is 5.03. The fraction of sp³-hybridized carbons (Fsp3) is 0.214. The normalized spacial score (nSPS) is 17.8. The Kier molecular flexibility index (Phi) is 6.67. The first kappa shape index (κ1) is 23.9. The van der Waals surface area contributed by atoms with Crippen molar-refractivity contribution in [1.29, 1.82) is 0 Å². The molecule has 5 rings (SSSR count). The summed E-state index contributed by atoms with van der Waals surface area (Å²) in [7, 11) is 1.36. The van der Waals surface area contributed by atoms with Crippen molar-refractivity contribution in [3.63, 3.8) is 0 Å². The summed E-state index contributed by atoms with van der Waals surface area (Å²) in [4.78, 5) is 31.3. The van der Waals surface area contributed by atoms with Crippen LogP contribution in [0.25, 0.3) is 22.0 Å². The van der Waals surface area contributed by atoms with E-state index in [9.17, 15) is 14.7 Å². The van der Waals surface area contributed by atoms with Crippen molar-refractivity contribution in [2.75, 3.05) is 13.7 Å². The first-order chi connectivity index (χ1) is 17.4. The number of halogens is 1. The van der Waals surface area contributed by atoms with E-state index in [-0.39, 0.29) is 23.7 Å². The number of aromatic nitrogens is 1. The quantitative estimate of drug-likeness (QED) is 0.330. The highest BCUT2D eigenvalue weighted by atomic mass is 35.5. The SMILES string of the molecule is COC(=O)[C@@H]1C[C@@H](NC(=O)c2[nH]c3ccc(Cl)cc3c2-c2ccccc2)CN1Cc1cccc(O)c1. The number of nitrogens with one attached hydrogen (secondary N) is 2. The lowest BCUT2D eigenvalue weighted by molar-refractivity contribution is -0.146. The second-order valence-corrected chi connectivity index (χ2v) is 9.41. The number of rotatable bonds is 6. The third-order valence-corrected chi connectivity index (χ3v) is 6.79. The number of esters is 1. The molecule has 0 radical (unpaired) electrons. The van der Waals surface area contributed by atoms with E-state index in [2.05, 4.69) is 10.3 Å². The molecule has 2 heterocycles. The molecule has 8 heteroatoms. The molecule has 36 heavy (non-hydrogen) atoms. The summed E-state index contributed by atoms with van der Waals surface area (Å²) in [6, 6.07) is 21.4. The van der Waals surface area contributed by atoms with Crippen LogP contribution < -0.4 is 5.32 Å². The fourth-order valence-corrected chi connectivity index (χ4v) is 5.12. The van der Waals surface area contributed by atoms with E-state index in [1.54, 1.807) is 24.3 Å². The van der Waals surface area contributed by atoms with Gasteiger partial charge in [0.2, 0.25) is 0 Å². The number of hydrogen-bond donors (Lipinski definition) is 3. The van der Waals surface area contributed by atoms with E-state index >= 15 is 0 Å². The first-order valence-electron chi connectivity index (χ1n) is 11.7. The smallest absolute Gasteiger partial charge is 0.323 e. The van der Waals surface area contributed by atoms with Gasteiger partial charge in [0, 0.05) is 40.6 Å². The number of carbonyl (C=O) groups is 2. The number of likely N-dealkylation sites (tertiary alicyclic amines) is 1. The number of methoxy groups -OCH3 is 1. The Morgan fingerprint density at radius 3 is 2.67 bits per heavy atom. The lowest BCUT2D eigenvalue weighted by Gasteiger charge is -2.22. The number of fused-ring (bicyclic) bond motifs is 1. The molecule has 3 N–H and O–H groups in total. The second-order valence-electron chi connectivity index (χ2n) is 8.98. The minimum absolute atomic E-state index is 0.165. The summed E-state index contributed by atoms with van der Waals surface area (Å²) >= 11 is 6.28. The Morgan fingerprint density at radius 2 is 1.92 bits per heavy atom. The van der Waals surface area contributed by atoms with Crippen molar-refractivity contribution >= 4 is 34.4 Å². The van der Waals surface area contributed by atoms with Crippen LogP contribution in [0.15, 0.2) is 72.8 Å². The van der Waals surface area contributed by atoms with Gasteiger partial charge in [0.1, 0.15) is 17.5 Å². The van der Waals surface area contributed by atoms with E-state index < -0.39 is 6.04 Å². The van der Waals surface area contributed by atoms with Gasteiger partial charge in [0.15, 0.2) is 0 Å². The number of benzene rings is 3. The predicted molar refractivity (Wildman–Crippen MR) is 139 cm³/mol. The van der Waals surface area contributed by atoms with E-state index in [1.807, 2.05) is 53.4 Å². The summed E-state index contributed by atoms with van der Waals surface area (Å²) in [5, 5.41) is 14.4. The van der Waals surface area contributed by atoms with Crippen LogP contribution >= 0.6 is 11.6 Å². The molecule has 0 bridgehead atoms. The number of aromatic amines is 1. The molecular weight excluding hydrogens is 478 g/mol. The number of hydrogen-bond acceptors (Lipinski definition) is 5. The number of H-pyrrole nitrogens is 1. The largest absolute Gasteiger partial charge is 0.508 e. The molecular formula is C28H26ClN3O4. The standard InChI is InChI=1S/C28H26ClN3O4/c1-36-28(35)24-14-20(16-32(24)15-17-6-5-9-21(33)12-17)30-27(34)26-25(18-7-3-2-4-8-18)22-13-19(29)10-11-23(22)31-26/h2-13,20,24,31,33H,14-16H2,1H3,(H,30,34)/t20-,24+/m1/s1. The molecule has 184 valence electrons. The molecule has 2 atom stereocenters. The average molecular weight is 504 g/mol. The van der Waals surface area contributed by atoms with Gasteiger partial charge in [-0.1, -0.05) is 54.1 Å². The minimum atomic E-state index is -0.502. The first-order valence-corrected chi connectivity index (χ1v) is 12.1. The molecule has 1 aromatic heterocycles. The van der Waals surface area contributed by atoms with E-state index in [4.69, 9.17) is 16.3 Å². The van der Waals surface area contributed by atoms with Crippen molar-refractivity contribution in [3.05, 3.63) is 89.1 Å². The highest BCUT2D eigenvalue weighted by Crippen LogP contribution is 2.34. The lowest BCUT2D eigenvalue weighted by Crippen LogP contribution is -2.38. The number of carbonyl (C=O) groups excluding carboxylic acids is 2. The fourth-order valence-electron chi connectivity index (χ4n) is 4.95. The van der Waals surface area contributed by atoms with E-state index in [0.717, 1.165) is 27.6 Å². The molecule has 1 aliphatic heterocycles. The topological polar surface area (TPSA) is 94.7 Å². The monoisotopic (exact) mass is 503 g/mol. The maximum Gasteiger partial charge on any atom is 0.323 e. The van der Waals surface area contributed by atoms with Gasteiger partial charge in [0.05, 0.1) is 7.11 Å². The summed E-state index contributed by atoms with van der Waals surface area (Å²) in [5.74, 6) is -0.440. The van der Waals surface area contributed by atoms with Gasteiger partial charge in [-0.3, -0.25) is 14.5 Å². The van der Waals surface area contributed by atoms with Crippen LogP contribution in [0.2, 0.25) is 5.02 Å². The molecule has 0 aliphatic carbocycles. The van der Waals surface area contributed by atoms with Gasteiger partial charge in [-0.15, -0.1) is 0 Å². The number of phenols is 1. The third kappa shape index (κ3) is 4.80. The Bertz CT molecular complexity index is 1420. The van der Waals surface area contributed by atoms with Crippen molar-refractivity contribution in [2.24, 2.45) is 0 Å². The van der Waals surface area contributed by atoms with Crippen LogP contribution in [0.4, 0.5) is 0 Å². The Labute approximate surface area is 213 Å². The van der Waals surface area contributed by atoms with Gasteiger partial charge < -0.3 is 20.1 Å². The Hall–Kier alpha value is -3.81. The Balaban J connectivity index is 1.42. The predicted octanol–water partition coefficient (Wildman–Crippen LogP) is 4.74. The molecule has 4 aromatic rings. The number of amides is 1. The summed E-state index contributed by atoms with van der Waals surface area (Å²) in [5.41, 5.74) is 3.81. The van der Waals surface area contributed by atoms with Crippen LogP contribution in [-0.2, 0) is 16.1 Å². The molecule has 3 aromatic carbocycles. The highest BCUT2D eigenvalue weighted by molar-refractivity contribution is 6.31. The molecule has 0 unspecified atom stereocenters. The van der Waals surface area contributed by atoms with Gasteiger partial charge >= 0.3 is 5.97 Å². The van der Waals surface area contributed by atoms with Crippen molar-refractivity contribution in [2.45, 2.75) is 25.0 Å². The zero-order valence-corrected chi connectivity index (χ0v) is 20.5. The summed E-state index contributed by atoms with van der Waals surface area (Å²) in [6.45, 7) is 0.911. The molecule has 1 fully saturated rings. The number of phenolic OH excluding ortho intramolecular Hbond substituents is 1. The van der Waals surface area contributed by atoms with E-state index in [0.29, 0.717) is 30.2 Å².